The van der Waals surface area contributed by atoms with Crippen molar-refractivity contribution in [1.29, 1.82) is 0 Å². The van der Waals surface area contributed by atoms with Crippen LogP contribution in [0.25, 0.3) is 0 Å². The third-order valence-electron chi connectivity index (χ3n) is 3.01. The summed E-state index contributed by atoms with van der Waals surface area (Å²) in [5.74, 6) is 1.23. The molecule has 2 N–H and O–H groups in total. The molecular weight excluding hydrogens is 220 g/mol. The molecule has 0 radical (unpaired) electrons. The summed E-state index contributed by atoms with van der Waals surface area (Å²) in [7, 11) is 0. The predicted molar refractivity (Wildman–Crippen MR) is 63.4 cm³/mol. The lowest BCUT2D eigenvalue weighted by Crippen LogP contribution is -2.51. The van der Waals surface area contributed by atoms with Gasteiger partial charge in [-0.05, 0) is 19.8 Å². The van der Waals surface area contributed by atoms with Crippen molar-refractivity contribution in [2.45, 2.75) is 38.1 Å². The van der Waals surface area contributed by atoms with E-state index in [9.17, 15) is 9.59 Å². The summed E-state index contributed by atoms with van der Waals surface area (Å²) in [6.45, 7) is 1.62. The number of rotatable bonds is 4. The summed E-state index contributed by atoms with van der Waals surface area (Å²) in [5, 5.41) is 11.6. The Labute approximate surface area is 101 Å². The zero-order valence-corrected chi connectivity index (χ0v) is 10.0. The van der Waals surface area contributed by atoms with E-state index in [1.807, 2.05) is 6.92 Å². The van der Waals surface area contributed by atoms with Crippen molar-refractivity contribution in [3.63, 3.8) is 0 Å². The highest BCUT2D eigenvalue weighted by molar-refractivity contribution is 5.80. The Kier molecular flexibility index (Phi) is 4.38. The standard InChI is InChI=1S/C12H18N2O3/c1-3-8-14(9-10(15)16)11(17)13-12(2)6-4-5-7-12/h1H,4-9H2,2H3,(H,13,17)(H,15,16). The number of nitrogens with one attached hydrogen (secondary N) is 1. The molecule has 5 nitrogen and oxygen atoms in total. The van der Waals surface area contributed by atoms with Crippen molar-refractivity contribution < 1.29 is 14.7 Å². The zero-order chi connectivity index (χ0) is 12.9. The Morgan fingerprint density at radius 2 is 2.06 bits per heavy atom. The Morgan fingerprint density at radius 3 is 2.53 bits per heavy atom. The molecule has 1 fully saturated rings. The van der Waals surface area contributed by atoms with Crippen molar-refractivity contribution in [3.8, 4) is 12.3 Å². The van der Waals surface area contributed by atoms with Gasteiger partial charge in [0.15, 0.2) is 0 Å². The van der Waals surface area contributed by atoms with Crippen LogP contribution in [0.15, 0.2) is 0 Å². The fourth-order valence-corrected chi connectivity index (χ4v) is 2.09. The van der Waals surface area contributed by atoms with Crippen molar-refractivity contribution in [2.24, 2.45) is 0 Å². The number of nitrogens with zero attached hydrogens (tertiary/aromatic N) is 1. The van der Waals surface area contributed by atoms with Gasteiger partial charge in [-0.2, -0.15) is 0 Å². The van der Waals surface area contributed by atoms with Crippen LogP contribution in [0.4, 0.5) is 4.79 Å². The number of amides is 2. The topological polar surface area (TPSA) is 69.6 Å². The normalized spacial score (nSPS) is 17.2. The maximum absolute atomic E-state index is 11.9. The van der Waals surface area contributed by atoms with E-state index in [1.54, 1.807) is 0 Å². The number of carboxylic acids is 1. The molecule has 0 bridgehead atoms. The van der Waals surface area contributed by atoms with Crippen molar-refractivity contribution >= 4 is 12.0 Å². The molecule has 94 valence electrons. The van der Waals surface area contributed by atoms with Gasteiger partial charge in [-0.1, -0.05) is 18.8 Å². The van der Waals surface area contributed by atoms with E-state index < -0.39 is 12.0 Å². The first-order valence-corrected chi connectivity index (χ1v) is 5.69. The van der Waals surface area contributed by atoms with Crippen LogP contribution < -0.4 is 5.32 Å². The SMILES string of the molecule is C#CCN(CC(=O)O)C(=O)NC1(C)CCCC1. The highest BCUT2D eigenvalue weighted by Gasteiger charge is 2.31. The quantitative estimate of drug-likeness (QED) is 0.719. The van der Waals surface area contributed by atoms with E-state index >= 15 is 0 Å². The van der Waals surface area contributed by atoms with E-state index in [1.165, 1.54) is 0 Å². The number of aliphatic carboxylic acids is 1. The summed E-state index contributed by atoms with van der Waals surface area (Å²) < 4.78 is 0. The van der Waals surface area contributed by atoms with Gasteiger partial charge in [0.25, 0.3) is 0 Å². The Morgan fingerprint density at radius 1 is 1.47 bits per heavy atom. The molecular formula is C12H18N2O3. The first-order valence-electron chi connectivity index (χ1n) is 5.69. The first-order chi connectivity index (χ1) is 7.97. The van der Waals surface area contributed by atoms with E-state index in [0.717, 1.165) is 30.6 Å². The van der Waals surface area contributed by atoms with Gasteiger partial charge in [-0.25, -0.2) is 4.79 Å². The number of hydrogen-bond donors (Lipinski definition) is 2. The summed E-state index contributed by atoms with van der Waals surface area (Å²) in [6, 6.07) is -0.394. The molecule has 0 heterocycles. The van der Waals surface area contributed by atoms with Crippen LogP contribution >= 0.6 is 0 Å². The van der Waals surface area contributed by atoms with E-state index in [4.69, 9.17) is 11.5 Å². The molecule has 1 rings (SSSR count). The van der Waals surface area contributed by atoms with Crippen LogP contribution in [0.1, 0.15) is 32.6 Å². The molecule has 0 unspecified atom stereocenters. The molecule has 0 aliphatic heterocycles. The lowest BCUT2D eigenvalue weighted by molar-refractivity contribution is -0.137. The minimum atomic E-state index is -1.06. The van der Waals surface area contributed by atoms with Crippen LogP contribution in [-0.4, -0.2) is 40.6 Å². The fraction of sp³-hybridized carbons (Fsp3) is 0.667. The molecule has 0 saturated heterocycles. The Hall–Kier alpha value is -1.70. The molecule has 0 spiro atoms. The van der Waals surface area contributed by atoms with E-state index in [0.29, 0.717) is 0 Å². The first kappa shape index (κ1) is 13.4. The van der Waals surface area contributed by atoms with Crippen LogP contribution in [-0.2, 0) is 4.79 Å². The Balaban J connectivity index is 2.58. The van der Waals surface area contributed by atoms with Crippen LogP contribution in [0.3, 0.4) is 0 Å². The Bertz CT molecular complexity index is 340. The number of terminal acetylenes is 1. The summed E-state index contributed by atoms with van der Waals surface area (Å²) >= 11 is 0. The number of hydrogen-bond acceptors (Lipinski definition) is 2. The molecule has 0 atom stereocenters. The maximum Gasteiger partial charge on any atom is 0.323 e. The van der Waals surface area contributed by atoms with Gasteiger partial charge in [0.05, 0.1) is 6.54 Å². The second kappa shape index (κ2) is 5.58. The largest absolute Gasteiger partial charge is 0.480 e. The number of carbonyl (C=O) groups excluding carboxylic acids is 1. The summed E-state index contributed by atoms with van der Waals surface area (Å²) in [4.78, 5) is 23.6. The van der Waals surface area contributed by atoms with Crippen molar-refractivity contribution in [3.05, 3.63) is 0 Å². The second-order valence-corrected chi connectivity index (χ2v) is 4.65. The number of carbonyl (C=O) groups is 2. The average molecular weight is 238 g/mol. The van der Waals surface area contributed by atoms with Gasteiger partial charge in [0, 0.05) is 5.54 Å². The molecule has 1 aliphatic rings. The smallest absolute Gasteiger partial charge is 0.323 e. The van der Waals surface area contributed by atoms with Crippen LogP contribution in [0.5, 0.6) is 0 Å². The van der Waals surface area contributed by atoms with Gasteiger partial charge in [-0.3, -0.25) is 4.79 Å². The number of urea groups is 1. The highest BCUT2D eigenvalue weighted by Crippen LogP contribution is 2.28. The maximum atomic E-state index is 11.9. The summed E-state index contributed by atoms with van der Waals surface area (Å²) in [5.41, 5.74) is -0.220. The van der Waals surface area contributed by atoms with Crippen molar-refractivity contribution in [2.75, 3.05) is 13.1 Å². The molecule has 1 aliphatic carbocycles. The highest BCUT2D eigenvalue weighted by atomic mass is 16.4. The van der Waals surface area contributed by atoms with Gasteiger partial charge >= 0.3 is 12.0 Å². The van der Waals surface area contributed by atoms with Crippen molar-refractivity contribution in [1.82, 2.24) is 10.2 Å². The van der Waals surface area contributed by atoms with Crippen LogP contribution in [0, 0.1) is 12.3 Å². The minimum Gasteiger partial charge on any atom is -0.480 e. The lowest BCUT2D eigenvalue weighted by Gasteiger charge is -2.29. The van der Waals surface area contributed by atoms with Gasteiger partial charge in [0.2, 0.25) is 0 Å². The fourth-order valence-electron chi connectivity index (χ4n) is 2.09. The monoisotopic (exact) mass is 238 g/mol. The minimum absolute atomic E-state index is 0.00815. The van der Waals surface area contributed by atoms with E-state index in [-0.39, 0.29) is 18.6 Å². The lowest BCUT2D eigenvalue weighted by atomic mass is 10.0. The molecule has 5 heteroatoms. The zero-order valence-electron chi connectivity index (χ0n) is 10.0. The average Bonchev–Trinajstić information content (AvgIpc) is 2.63. The molecule has 0 aromatic carbocycles. The molecule has 0 aromatic rings. The predicted octanol–water partition coefficient (Wildman–Crippen LogP) is 1.05. The van der Waals surface area contributed by atoms with Gasteiger partial charge < -0.3 is 15.3 Å². The second-order valence-electron chi connectivity index (χ2n) is 4.65. The molecule has 0 aromatic heterocycles. The van der Waals surface area contributed by atoms with E-state index in [2.05, 4.69) is 11.2 Å². The molecule has 1 saturated carbocycles. The van der Waals surface area contributed by atoms with Crippen LogP contribution in [0.2, 0.25) is 0 Å². The number of carboxylic acid groups (broad SMARTS) is 1. The third-order valence-corrected chi connectivity index (χ3v) is 3.01. The molecule has 17 heavy (non-hydrogen) atoms. The third kappa shape index (κ3) is 3.99. The van der Waals surface area contributed by atoms with Gasteiger partial charge in [0.1, 0.15) is 6.54 Å². The summed E-state index contributed by atoms with van der Waals surface area (Å²) in [6.07, 6.45) is 9.15. The van der Waals surface area contributed by atoms with Gasteiger partial charge in [-0.15, -0.1) is 6.42 Å². The molecule has 2 amide bonds.